The van der Waals surface area contributed by atoms with E-state index in [9.17, 15) is 18.0 Å². The number of rotatable bonds is 3. The number of nitrogens with one attached hydrogen (secondary N) is 1. The third-order valence-electron chi connectivity index (χ3n) is 2.35. The number of pyridine rings is 1. The monoisotopic (exact) mass is 302 g/mol. The second kappa shape index (κ2) is 5.38. The van der Waals surface area contributed by atoms with Crippen LogP contribution in [0.3, 0.4) is 0 Å². The zero-order chi connectivity index (χ0) is 14.9. The molecular formula is C12H6ClF3N2O2. The average molecular weight is 303 g/mol. The summed E-state index contributed by atoms with van der Waals surface area (Å²) >= 11 is 5.77. The van der Waals surface area contributed by atoms with Crippen LogP contribution >= 0.6 is 11.6 Å². The zero-order valence-electron chi connectivity index (χ0n) is 9.62. The molecule has 8 heteroatoms. The lowest BCUT2D eigenvalue weighted by atomic mass is 10.2. The fraction of sp³-hybridized carbons (Fsp3) is 0. The Balaban J connectivity index is 2.35. The van der Waals surface area contributed by atoms with Gasteiger partial charge in [0.05, 0.1) is 16.3 Å². The van der Waals surface area contributed by atoms with E-state index in [1.807, 2.05) is 0 Å². The number of nitrogens with zero attached hydrogens (tertiary/aromatic N) is 1. The zero-order valence-corrected chi connectivity index (χ0v) is 10.4. The number of carboxylic acid groups (broad SMARTS) is 1. The molecule has 0 saturated carbocycles. The molecule has 0 radical (unpaired) electrons. The smallest absolute Gasteiger partial charge is 0.337 e. The number of benzene rings is 1. The molecule has 2 rings (SSSR count). The van der Waals surface area contributed by atoms with Gasteiger partial charge in [0, 0.05) is 18.3 Å². The summed E-state index contributed by atoms with van der Waals surface area (Å²) in [4.78, 5) is 14.4. The molecule has 0 aliphatic rings. The molecular weight excluding hydrogens is 297 g/mol. The first-order valence-electron chi connectivity index (χ1n) is 5.19. The van der Waals surface area contributed by atoms with Crippen molar-refractivity contribution >= 4 is 29.1 Å². The van der Waals surface area contributed by atoms with Gasteiger partial charge in [0.1, 0.15) is 11.6 Å². The molecule has 2 aromatic rings. The van der Waals surface area contributed by atoms with Gasteiger partial charge in [-0.3, -0.25) is 0 Å². The molecule has 0 saturated heterocycles. The van der Waals surface area contributed by atoms with E-state index in [0.29, 0.717) is 12.1 Å². The van der Waals surface area contributed by atoms with Crippen molar-refractivity contribution in [1.82, 2.24) is 4.98 Å². The highest BCUT2D eigenvalue weighted by Crippen LogP contribution is 2.26. The highest BCUT2D eigenvalue weighted by atomic mass is 35.5. The van der Waals surface area contributed by atoms with E-state index in [1.54, 1.807) is 0 Å². The maximum atomic E-state index is 13.4. The Morgan fingerprint density at radius 3 is 2.40 bits per heavy atom. The second-order valence-corrected chi connectivity index (χ2v) is 4.14. The largest absolute Gasteiger partial charge is 0.478 e. The standard InChI is InChI=1S/C12H6ClF3N2O2/c13-6-1-5(12(19)20)4-17-11(6)18-10-3-8(15)7(14)2-9(10)16/h1-4H,(H,17,18)(H,19,20). The molecule has 0 aliphatic carbocycles. The highest BCUT2D eigenvalue weighted by Gasteiger charge is 2.13. The van der Waals surface area contributed by atoms with Gasteiger partial charge in [-0.2, -0.15) is 0 Å². The van der Waals surface area contributed by atoms with Crippen LogP contribution in [0.4, 0.5) is 24.7 Å². The van der Waals surface area contributed by atoms with Gasteiger partial charge in [-0.1, -0.05) is 11.6 Å². The molecule has 0 bridgehead atoms. The molecule has 20 heavy (non-hydrogen) atoms. The van der Waals surface area contributed by atoms with E-state index >= 15 is 0 Å². The SMILES string of the molecule is O=C(O)c1cnc(Nc2cc(F)c(F)cc2F)c(Cl)c1. The average Bonchev–Trinajstić information content (AvgIpc) is 2.37. The fourth-order valence-electron chi connectivity index (χ4n) is 1.39. The summed E-state index contributed by atoms with van der Waals surface area (Å²) < 4.78 is 39.2. The molecule has 1 aromatic heterocycles. The quantitative estimate of drug-likeness (QED) is 0.851. The fourth-order valence-corrected chi connectivity index (χ4v) is 1.61. The van der Waals surface area contributed by atoms with Gasteiger partial charge in [0.15, 0.2) is 11.6 Å². The lowest BCUT2D eigenvalue weighted by Gasteiger charge is -2.09. The number of halogens is 4. The summed E-state index contributed by atoms with van der Waals surface area (Å²) in [6.45, 7) is 0. The van der Waals surface area contributed by atoms with Gasteiger partial charge in [0.2, 0.25) is 0 Å². The van der Waals surface area contributed by atoms with Crippen LogP contribution in [0.5, 0.6) is 0 Å². The van der Waals surface area contributed by atoms with Gasteiger partial charge in [-0.15, -0.1) is 0 Å². The summed E-state index contributed by atoms with van der Waals surface area (Å²) in [5, 5.41) is 11.0. The Morgan fingerprint density at radius 2 is 1.80 bits per heavy atom. The van der Waals surface area contributed by atoms with Gasteiger partial charge < -0.3 is 10.4 Å². The van der Waals surface area contributed by atoms with Crippen LogP contribution in [-0.4, -0.2) is 16.1 Å². The molecule has 0 spiro atoms. The van der Waals surface area contributed by atoms with Crippen LogP contribution in [0.2, 0.25) is 5.02 Å². The molecule has 0 unspecified atom stereocenters. The molecule has 0 amide bonds. The Bertz CT molecular complexity index is 695. The van der Waals surface area contributed by atoms with Crippen molar-refractivity contribution in [2.75, 3.05) is 5.32 Å². The van der Waals surface area contributed by atoms with Crippen LogP contribution in [0.15, 0.2) is 24.4 Å². The van der Waals surface area contributed by atoms with Crippen molar-refractivity contribution in [3.05, 3.63) is 52.4 Å². The maximum Gasteiger partial charge on any atom is 0.337 e. The van der Waals surface area contributed by atoms with E-state index in [-0.39, 0.29) is 22.1 Å². The summed E-state index contributed by atoms with van der Waals surface area (Å²) in [5.41, 5.74) is -0.535. The minimum Gasteiger partial charge on any atom is -0.478 e. The summed E-state index contributed by atoms with van der Waals surface area (Å²) in [6, 6.07) is 2.07. The van der Waals surface area contributed by atoms with Gasteiger partial charge in [-0.25, -0.2) is 22.9 Å². The Hall–Kier alpha value is -2.28. The number of carboxylic acids is 1. The van der Waals surface area contributed by atoms with E-state index in [0.717, 1.165) is 12.3 Å². The topological polar surface area (TPSA) is 62.2 Å². The van der Waals surface area contributed by atoms with E-state index in [2.05, 4.69) is 10.3 Å². The van der Waals surface area contributed by atoms with E-state index in [1.165, 1.54) is 0 Å². The summed E-state index contributed by atoms with van der Waals surface area (Å²) in [6.07, 6.45) is 0.994. The van der Waals surface area contributed by atoms with Crippen molar-refractivity contribution in [2.45, 2.75) is 0 Å². The molecule has 1 aromatic carbocycles. The molecule has 0 fully saturated rings. The Labute approximate surface area is 115 Å². The molecule has 0 aliphatic heterocycles. The van der Waals surface area contributed by atoms with Gasteiger partial charge in [0.25, 0.3) is 0 Å². The van der Waals surface area contributed by atoms with E-state index < -0.39 is 23.4 Å². The lowest BCUT2D eigenvalue weighted by Crippen LogP contribution is -2.02. The van der Waals surface area contributed by atoms with Crippen LogP contribution in [0.1, 0.15) is 10.4 Å². The first-order chi connectivity index (χ1) is 9.38. The van der Waals surface area contributed by atoms with Crippen LogP contribution in [0, 0.1) is 17.5 Å². The highest BCUT2D eigenvalue weighted by molar-refractivity contribution is 6.33. The number of anilines is 2. The Kier molecular flexibility index (Phi) is 3.80. The molecule has 0 atom stereocenters. The van der Waals surface area contributed by atoms with Crippen molar-refractivity contribution in [1.29, 1.82) is 0 Å². The molecule has 2 N–H and O–H groups in total. The second-order valence-electron chi connectivity index (χ2n) is 3.73. The summed E-state index contributed by atoms with van der Waals surface area (Å²) in [7, 11) is 0. The van der Waals surface area contributed by atoms with Gasteiger partial charge >= 0.3 is 5.97 Å². The number of aromatic carboxylic acids is 1. The van der Waals surface area contributed by atoms with E-state index in [4.69, 9.17) is 16.7 Å². The molecule has 4 nitrogen and oxygen atoms in total. The number of hydrogen-bond donors (Lipinski definition) is 2. The van der Waals surface area contributed by atoms with Crippen LogP contribution in [0.25, 0.3) is 0 Å². The van der Waals surface area contributed by atoms with Crippen molar-refractivity contribution in [2.24, 2.45) is 0 Å². The first kappa shape index (κ1) is 14.1. The lowest BCUT2D eigenvalue weighted by molar-refractivity contribution is 0.0696. The van der Waals surface area contributed by atoms with Crippen molar-refractivity contribution < 1.29 is 23.1 Å². The van der Waals surface area contributed by atoms with Gasteiger partial charge in [-0.05, 0) is 6.07 Å². The predicted octanol–water partition coefficient (Wildman–Crippen LogP) is 3.59. The third-order valence-corrected chi connectivity index (χ3v) is 2.64. The molecule has 1 heterocycles. The number of carbonyl (C=O) groups is 1. The predicted molar refractivity (Wildman–Crippen MR) is 65.8 cm³/mol. The minimum absolute atomic E-state index is 0.0819. The van der Waals surface area contributed by atoms with Crippen molar-refractivity contribution in [3.63, 3.8) is 0 Å². The summed E-state index contributed by atoms with van der Waals surface area (Å²) in [5.74, 6) is -4.92. The maximum absolute atomic E-state index is 13.4. The van der Waals surface area contributed by atoms with Crippen LogP contribution in [-0.2, 0) is 0 Å². The Morgan fingerprint density at radius 1 is 1.15 bits per heavy atom. The van der Waals surface area contributed by atoms with Crippen molar-refractivity contribution in [3.8, 4) is 0 Å². The molecule has 104 valence electrons. The van der Waals surface area contributed by atoms with Crippen LogP contribution < -0.4 is 5.32 Å². The minimum atomic E-state index is -1.33. The third kappa shape index (κ3) is 2.83. The first-order valence-corrected chi connectivity index (χ1v) is 5.56. The number of aromatic nitrogens is 1. The normalized spacial score (nSPS) is 10.4. The number of hydrogen-bond acceptors (Lipinski definition) is 3.